The zero-order valence-corrected chi connectivity index (χ0v) is 34.0. The van der Waals surface area contributed by atoms with Crippen LogP contribution < -0.4 is 21.7 Å². The molecule has 3 fully saturated rings. The largest absolute Gasteiger partial charge is 0.399 e. The van der Waals surface area contributed by atoms with Gasteiger partial charge in [-0.05, 0) is 73.5 Å². The molecule has 3 aliphatic rings. The fraction of sp³-hybridized carbons (Fsp3) is 0.756. The number of anilines is 1. The summed E-state index contributed by atoms with van der Waals surface area (Å²) in [6, 6.07) is 5.38. The monoisotopic (exact) mass is 757 g/mol. The molecule has 304 valence electrons. The van der Waals surface area contributed by atoms with Gasteiger partial charge < -0.3 is 46.1 Å². The molecule has 0 aromatic heterocycles. The molecule has 1 aromatic carbocycles. The molecule has 1 aromatic rings. The summed E-state index contributed by atoms with van der Waals surface area (Å²) in [6.07, 6.45) is 3.53. The van der Waals surface area contributed by atoms with Gasteiger partial charge in [0.25, 0.3) is 0 Å². The van der Waals surface area contributed by atoms with E-state index in [9.17, 15) is 24.3 Å². The van der Waals surface area contributed by atoms with E-state index in [1.807, 2.05) is 32.0 Å². The van der Waals surface area contributed by atoms with Gasteiger partial charge in [0.05, 0.1) is 55.3 Å². The number of carbonyl (C=O) groups is 4. The number of fused-ring (bicyclic) bond motifs is 2. The van der Waals surface area contributed by atoms with Crippen LogP contribution in [0, 0.1) is 29.6 Å². The number of amides is 4. The minimum Gasteiger partial charge on any atom is -0.399 e. The van der Waals surface area contributed by atoms with E-state index < -0.39 is 36.3 Å². The molecule has 2 saturated heterocycles. The predicted octanol–water partition coefficient (Wildman–Crippen LogP) is 2.74. The summed E-state index contributed by atoms with van der Waals surface area (Å²) in [7, 11) is 4.88. The number of nitrogens with one attached hydrogen (secondary N) is 3. The summed E-state index contributed by atoms with van der Waals surface area (Å²) in [5, 5.41) is 19.6. The molecule has 54 heavy (non-hydrogen) atoms. The fourth-order valence-electron chi connectivity index (χ4n) is 9.31. The van der Waals surface area contributed by atoms with Crippen LogP contribution in [0.5, 0.6) is 0 Å². The third-order valence-corrected chi connectivity index (χ3v) is 12.7. The van der Waals surface area contributed by atoms with Gasteiger partial charge >= 0.3 is 0 Å². The zero-order valence-electron chi connectivity index (χ0n) is 34.0. The Bertz CT molecular complexity index is 1430. The first-order valence-electron chi connectivity index (χ1n) is 20.1. The number of likely N-dealkylation sites (tertiary alicyclic amines) is 1. The van der Waals surface area contributed by atoms with E-state index in [1.165, 1.54) is 0 Å². The second-order valence-corrected chi connectivity index (χ2v) is 16.5. The molecule has 1 aliphatic carbocycles. The number of ether oxygens (including phenoxy) is 2. The lowest BCUT2D eigenvalue weighted by Gasteiger charge is -2.41. The number of piperidine rings is 1. The smallest absolute Gasteiger partial charge is 0.245 e. The molecule has 0 spiro atoms. The number of aliphatic hydroxyl groups is 1. The minimum absolute atomic E-state index is 0.00934. The highest BCUT2D eigenvalue weighted by Gasteiger charge is 2.49. The molecule has 13 nitrogen and oxygen atoms in total. The van der Waals surface area contributed by atoms with Crippen molar-refractivity contribution >= 4 is 29.3 Å². The van der Waals surface area contributed by atoms with Gasteiger partial charge in [0.15, 0.2) is 0 Å². The van der Waals surface area contributed by atoms with E-state index in [0.29, 0.717) is 37.0 Å². The minimum atomic E-state index is -0.729. The molecule has 2 heterocycles. The van der Waals surface area contributed by atoms with E-state index in [4.69, 9.17) is 15.2 Å². The Morgan fingerprint density at radius 1 is 1.07 bits per heavy atom. The molecule has 13 heteroatoms. The average Bonchev–Trinajstić information content (AvgIpc) is 3.87. The summed E-state index contributed by atoms with van der Waals surface area (Å²) >= 11 is 0. The van der Waals surface area contributed by atoms with E-state index in [1.54, 1.807) is 44.1 Å². The number of nitrogens with zero attached hydrogens (tertiary/aromatic N) is 2. The van der Waals surface area contributed by atoms with Crippen LogP contribution in [0.3, 0.4) is 0 Å². The Kier molecular flexibility index (Phi) is 15.7. The van der Waals surface area contributed by atoms with Crippen molar-refractivity contribution < 1.29 is 33.8 Å². The predicted molar refractivity (Wildman–Crippen MR) is 209 cm³/mol. The average molecular weight is 757 g/mol. The molecule has 6 N–H and O–H groups in total. The number of rotatable bonds is 19. The van der Waals surface area contributed by atoms with Crippen LogP contribution in [0.1, 0.15) is 85.6 Å². The molecule has 12 atom stereocenters. The van der Waals surface area contributed by atoms with Crippen LogP contribution in [0.4, 0.5) is 5.69 Å². The number of nitrogen functional groups attached to an aromatic ring is 1. The summed E-state index contributed by atoms with van der Waals surface area (Å²) in [6.45, 7) is 12.2. The second kappa shape index (κ2) is 19.6. The van der Waals surface area contributed by atoms with E-state index >= 15 is 0 Å². The van der Waals surface area contributed by atoms with Gasteiger partial charge in [-0.25, -0.2) is 0 Å². The van der Waals surface area contributed by atoms with Crippen LogP contribution in [0.15, 0.2) is 24.3 Å². The van der Waals surface area contributed by atoms with Crippen molar-refractivity contribution in [3.05, 3.63) is 29.8 Å². The van der Waals surface area contributed by atoms with Gasteiger partial charge in [-0.3, -0.25) is 19.2 Å². The lowest BCUT2D eigenvalue weighted by molar-refractivity contribution is -0.147. The lowest BCUT2D eigenvalue weighted by atomic mass is 9.89. The van der Waals surface area contributed by atoms with E-state index in [-0.39, 0.29) is 66.5 Å². The number of hydrogen-bond donors (Lipinski definition) is 5. The lowest BCUT2D eigenvalue weighted by Crippen LogP contribution is -2.60. The van der Waals surface area contributed by atoms with Crippen molar-refractivity contribution in [1.29, 1.82) is 0 Å². The van der Waals surface area contributed by atoms with Crippen molar-refractivity contribution in [1.82, 2.24) is 25.8 Å². The second-order valence-electron chi connectivity index (χ2n) is 16.5. The summed E-state index contributed by atoms with van der Waals surface area (Å²) in [5.41, 5.74) is 7.44. The summed E-state index contributed by atoms with van der Waals surface area (Å²) in [4.78, 5) is 59.1. The normalized spacial score (nSPS) is 26.1. The number of nitrogens with two attached hydrogens (primary N) is 1. The number of benzene rings is 1. The van der Waals surface area contributed by atoms with Gasteiger partial charge in [-0.15, -0.1) is 0 Å². The Morgan fingerprint density at radius 2 is 1.80 bits per heavy atom. The first-order valence-corrected chi connectivity index (χ1v) is 20.1. The third-order valence-electron chi connectivity index (χ3n) is 12.7. The maximum Gasteiger partial charge on any atom is 0.245 e. The van der Waals surface area contributed by atoms with Gasteiger partial charge in [-0.2, -0.15) is 0 Å². The van der Waals surface area contributed by atoms with Gasteiger partial charge in [0.1, 0.15) is 6.04 Å². The van der Waals surface area contributed by atoms with Crippen molar-refractivity contribution in [3.63, 3.8) is 0 Å². The highest BCUT2D eigenvalue weighted by molar-refractivity contribution is 5.90. The zero-order chi connectivity index (χ0) is 39.9. The first-order chi connectivity index (χ1) is 25.7. The third kappa shape index (κ3) is 9.94. The Morgan fingerprint density at radius 3 is 2.35 bits per heavy atom. The summed E-state index contributed by atoms with van der Waals surface area (Å²) in [5.74, 6) is -0.799. The maximum atomic E-state index is 14.3. The Hall–Kier alpha value is -3.26. The van der Waals surface area contributed by atoms with Crippen LogP contribution in [0.25, 0.3) is 0 Å². The molecule has 0 unspecified atom stereocenters. The number of hydrogen-bond acceptors (Lipinski definition) is 9. The Labute approximate surface area is 322 Å². The first kappa shape index (κ1) is 43.5. The Balaban J connectivity index is 1.44. The van der Waals surface area contributed by atoms with E-state index in [2.05, 4.69) is 36.7 Å². The summed E-state index contributed by atoms with van der Waals surface area (Å²) < 4.78 is 12.0. The maximum absolute atomic E-state index is 14.3. The van der Waals surface area contributed by atoms with Gasteiger partial charge in [0.2, 0.25) is 23.6 Å². The molecule has 4 rings (SSSR count). The number of likely N-dealkylation sites (N-methyl/N-ethyl adjacent to an activating group) is 1. The molecule has 2 aliphatic heterocycles. The number of carbonyl (C=O) groups excluding carboxylic acids is 4. The standard InChI is InChI=1S/C41H68N6O7/c1-10-24(4)37(46(7)41(52)35(23(2)3)45-40(51)36-30-16-17-31(44-36)25(30)5)33(53-8)21-34(49)47-18-12-15-32(47)38(54-9)26(6)39(50)43-29(22-48)20-27-13-11-14-28(42)19-27/h11,13-14,19,23-26,29-33,35-38,44,48H,10,12,15-18,20-22,42H2,1-9H3,(H,43,50)(H,45,51)/t24-,25-,26+,29-,30-,31-,32-,33+,35-,36-,37-,38+/m0/s1. The molecule has 4 amide bonds. The van der Waals surface area contributed by atoms with Crippen LogP contribution in [0.2, 0.25) is 0 Å². The van der Waals surface area contributed by atoms with Gasteiger partial charge in [0, 0.05) is 39.5 Å². The topological polar surface area (TPSA) is 176 Å². The molecule has 0 radical (unpaired) electrons. The van der Waals surface area contributed by atoms with Crippen molar-refractivity contribution in [2.75, 3.05) is 40.2 Å². The van der Waals surface area contributed by atoms with Crippen LogP contribution >= 0.6 is 0 Å². The fourth-order valence-corrected chi connectivity index (χ4v) is 9.31. The molecular weight excluding hydrogens is 688 g/mol. The highest BCUT2D eigenvalue weighted by atomic mass is 16.5. The molecule has 2 bridgehead atoms. The van der Waals surface area contributed by atoms with Crippen molar-refractivity contribution in [3.8, 4) is 0 Å². The van der Waals surface area contributed by atoms with Crippen LogP contribution in [-0.2, 0) is 35.1 Å². The quantitative estimate of drug-likeness (QED) is 0.133. The van der Waals surface area contributed by atoms with E-state index in [0.717, 1.165) is 31.2 Å². The van der Waals surface area contributed by atoms with Crippen molar-refractivity contribution in [2.45, 2.75) is 135 Å². The highest BCUT2D eigenvalue weighted by Crippen LogP contribution is 2.40. The number of methoxy groups -OCH3 is 2. The molecular formula is C41H68N6O7. The van der Waals surface area contributed by atoms with Crippen molar-refractivity contribution in [2.24, 2.45) is 29.6 Å². The SMILES string of the molecule is CC[C@H](C)[C@@H]([C@@H](CC(=O)N1CCC[C@H]1[C@H](OC)[C@@H](C)C(=O)N[C@H](CO)Cc1cccc(N)c1)OC)N(C)C(=O)[C@@H](NC(=O)[C@H]1N[C@H]2CC[C@H]1[C@@H]2C)C(C)C. The molecule has 1 saturated carbocycles. The van der Waals surface area contributed by atoms with Gasteiger partial charge in [-0.1, -0.05) is 60.1 Å². The number of aliphatic hydroxyl groups excluding tert-OH is 1. The van der Waals surface area contributed by atoms with Crippen LogP contribution in [-0.4, -0.2) is 121 Å².